The van der Waals surface area contributed by atoms with Crippen LogP contribution < -0.4 is 4.90 Å². The Morgan fingerprint density at radius 1 is 1.56 bits per heavy atom. The van der Waals surface area contributed by atoms with Crippen molar-refractivity contribution < 1.29 is 9.90 Å². The molecule has 0 unspecified atom stereocenters. The van der Waals surface area contributed by atoms with Crippen molar-refractivity contribution in [1.82, 2.24) is 9.36 Å². The van der Waals surface area contributed by atoms with Crippen molar-refractivity contribution in [1.29, 1.82) is 0 Å². The zero-order valence-corrected chi connectivity index (χ0v) is 10.6. The van der Waals surface area contributed by atoms with Crippen LogP contribution in [0.15, 0.2) is 0 Å². The van der Waals surface area contributed by atoms with E-state index < -0.39 is 5.97 Å². The zero-order valence-electron chi connectivity index (χ0n) is 9.80. The van der Waals surface area contributed by atoms with Gasteiger partial charge in [-0.15, -0.1) is 0 Å². The quantitative estimate of drug-likeness (QED) is 0.823. The van der Waals surface area contributed by atoms with Crippen molar-refractivity contribution in [3.8, 4) is 0 Å². The van der Waals surface area contributed by atoms with Crippen LogP contribution in [0, 0.1) is 5.92 Å². The first kappa shape index (κ1) is 12.9. The van der Waals surface area contributed by atoms with Gasteiger partial charge in [0.15, 0.2) is 0 Å². The molecule has 0 aliphatic rings. The van der Waals surface area contributed by atoms with E-state index in [0.717, 1.165) is 17.4 Å². The molecule has 0 bridgehead atoms. The molecule has 0 aromatic carbocycles. The van der Waals surface area contributed by atoms with Crippen LogP contribution in [0.2, 0.25) is 0 Å². The lowest BCUT2D eigenvalue weighted by molar-refractivity contribution is -0.136. The van der Waals surface area contributed by atoms with Gasteiger partial charge < -0.3 is 10.0 Å². The molecule has 0 spiro atoms. The van der Waals surface area contributed by atoms with Gasteiger partial charge in [-0.3, -0.25) is 4.79 Å². The molecule has 16 heavy (non-hydrogen) atoms. The molecule has 5 nitrogen and oxygen atoms in total. The van der Waals surface area contributed by atoms with Crippen molar-refractivity contribution in [3.05, 3.63) is 5.82 Å². The summed E-state index contributed by atoms with van der Waals surface area (Å²) in [5.74, 6) is 0.586. The summed E-state index contributed by atoms with van der Waals surface area (Å²) < 4.78 is 4.25. The Morgan fingerprint density at radius 3 is 2.81 bits per heavy atom. The van der Waals surface area contributed by atoms with E-state index in [2.05, 4.69) is 23.2 Å². The van der Waals surface area contributed by atoms with E-state index in [0.29, 0.717) is 12.5 Å². The predicted molar refractivity (Wildman–Crippen MR) is 64.0 cm³/mol. The molecule has 1 rings (SSSR count). The highest BCUT2D eigenvalue weighted by Gasteiger charge is 2.10. The van der Waals surface area contributed by atoms with Crippen LogP contribution in [-0.4, -0.2) is 34.0 Å². The van der Waals surface area contributed by atoms with Crippen molar-refractivity contribution >= 4 is 22.6 Å². The third-order valence-corrected chi connectivity index (χ3v) is 2.90. The first-order valence-corrected chi connectivity index (χ1v) is 6.02. The number of carboxylic acids is 1. The van der Waals surface area contributed by atoms with Crippen LogP contribution in [0.4, 0.5) is 5.13 Å². The summed E-state index contributed by atoms with van der Waals surface area (Å²) in [6, 6.07) is 0. The Labute approximate surface area is 99.3 Å². The monoisotopic (exact) mass is 243 g/mol. The zero-order chi connectivity index (χ0) is 12.1. The number of aromatic nitrogens is 2. The second-order valence-corrected chi connectivity index (χ2v) is 4.89. The highest BCUT2D eigenvalue weighted by atomic mass is 32.1. The number of nitrogens with zero attached hydrogens (tertiary/aromatic N) is 3. The fourth-order valence-electron chi connectivity index (χ4n) is 1.21. The molecule has 1 aromatic heterocycles. The second-order valence-electron chi connectivity index (χ2n) is 4.16. The third-order valence-electron chi connectivity index (χ3n) is 2.04. The van der Waals surface area contributed by atoms with E-state index in [9.17, 15) is 4.79 Å². The Kier molecular flexibility index (Phi) is 4.67. The molecule has 0 radical (unpaired) electrons. The maximum Gasteiger partial charge on any atom is 0.305 e. The number of carbonyl (C=O) groups is 1. The Morgan fingerprint density at radius 2 is 2.25 bits per heavy atom. The first-order chi connectivity index (χ1) is 7.49. The van der Waals surface area contributed by atoms with Gasteiger partial charge in [0, 0.05) is 31.5 Å². The summed E-state index contributed by atoms with van der Waals surface area (Å²) in [4.78, 5) is 16.6. The van der Waals surface area contributed by atoms with Crippen LogP contribution in [0.1, 0.15) is 26.1 Å². The van der Waals surface area contributed by atoms with Gasteiger partial charge in [0.1, 0.15) is 5.82 Å². The molecule has 1 N–H and O–H groups in total. The lowest BCUT2D eigenvalue weighted by Crippen LogP contribution is -2.20. The van der Waals surface area contributed by atoms with E-state index in [1.165, 1.54) is 11.5 Å². The molecule has 0 saturated heterocycles. The highest BCUT2D eigenvalue weighted by Crippen LogP contribution is 2.17. The minimum Gasteiger partial charge on any atom is -0.481 e. The normalized spacial score (nSPS) is 10.8. The number of hydrogen-bond donors (Lipinski definition) is 1. The van der Waals surface area contributed by atoms with Crippen LogP contribution in [0.3, 0.4) is 0 Å². The number of carboxylic acid groups (broad SMARTS) is 1. The molecular weight excluding hydrogens is 226 g/mol. The standard InChI is InChI=1S/C10H17N3O2S/c1-7(2)6-8-11-10(16-12-8)13(3)5-4-9(14)15/h7H,4-6H2,1-3H3,(H,14,15). The second kappa shape index (κ2) is 5.79. The fourth-order valence-corrected chi connectivity index (χ4v) is 1.89. The molecule has 1 aromatic rings. The predicted octanol–water partition coefficient (Wildman–Crippen LogP) is 1.65. The summed E-state index contributed by atoms with van der Waals surface area (Å²) in [5, 5.41) is 9.36. The Bertz CT molecular complexity index is 352. The average molecular weight is 243 g/mol. The minimum absolute atomic E-state index is 0.121. The molecule has 0 aliphatic carbocycles. The number of rotatable bonds is 6. The smallest absolute Gasteiger partial charge is 0.305 e. The summed E-state index contributed by atoms with van der Waals surface area (Å²) in [5.41, 5.74) is 0. The molecule has 6 heteroatoms. The molecule has 0 saturated carbocycles. The van der Waals surface area contributed by atoms with Gasteiger partial charge in [-0.1, -0.05) is 13.8 Å². The Balaban J connectivity index is 2.52. The van der Waals surface area contributed by atoms with E-state index in [1.54, 1.807) is 0 Å². The van der Waals surface area contributed by atoms with Gasteiger partial charge in [0.25, 0.3) is 0 Å². The SMILES string of the molecule is CC(C)Cc1nsc(N(C)CCC(=O)O)n1. The molecule has 0 atom stereocenters. The van der Waals surface area contributed by atoms with Crippen molar-refractivity contribution in [2.24, 2.45) is 5.92 Å². The van der Waals surface area contributed by atoms with Gasteiger partial charge in [-0.05, 0) is 5.92 Å². The Hall–Kier alpha value is -1.17. The van der Waals surface area contributed by atoms with Gasteiger partial charge in [0.05, 0.1) is 6.42 Å². The number of aliphatic carboxylic acids is 1. The molecule has 0 amide bonds. The minimum atomic E-state index is -0.793. The van der Waals surface area contributed by atoms with E-state index in [-0.39, 0.29) is 6.42 Å². The summed E-state index contributed by atoms with van der Waals surface area (Å²) in [7, 11) is 1.84. The topological polar surface area (TPSA) is 66.3 Å². The van der Waals surface area contributed by atoms with Crippen LogP contribution in [0.25, 0.3) is 0 Å². The summed E-state index contributed by atoms with van der Waals surface area (Å²) in [6.45, 7) is 4.70. The summed E-state index contributed by atoms with van der Waals surface area (Å²) in [6.07, 6.45) is 0.985. The lowest BCUT2D eigenvalue weighted by atomic mass is 10.1. The van der Waals surface area contributed by atoms with E-state index >= 15 is 0 Å². The highest BCUT2D eigenvalue weighted by molar-refractivity contribution is 7.09. The number of hydrogen-bond acceptors (Lipinski definition) is 5. The summed E-state index contributed by atoms with van der Waals surface area (Å²) >= 11 is 1.32. The van der Waals surface area contributed by atoms with Gasteiger partial charge >= 0.3 is 5.97 Å². The largest absolute Gasteiger partial charge is 0.481 e. The van der Waals surface area contributed by atoms with Crippen LogP contribution in [-0.2, 0) is 11.2 Å². The molecule has 0 fully saturated rings. The maximum absolute atomic E-state index is 10.4. The fraction of sp³-hybridized carbons (Fsp3) is 0.700. The average Bonchev–Trinajstić information content (AvgIpc) is 2.61. The van der Waals surface area contributed by atoms with Gasteiger partial charge in [-0.2, -0.15) is 4.37 Å². The first-order valence-electron chi connectivity index (χ1n) is 5.24. The lowest BCUT2D eigenvalue weighted by Gasteiger charge is -2.12. The van der Waals surface area contributed by atoms with Gasteiger partial charge in [0.2, 0.25) is 5.13 Å². The van der Waals surface area contributed by atoms with Gasteiger partial charge in [-0.25, -0.2) is 4.98 Å². The maximum atomic E-state index is 10.4. The van der Waals surface area contributed by atoms with Crippen LogP contribution in [0.5, 0.6) is 0 Å². The van der Waals surface area contributed by atoms with Crippen LogP contribution >= 0.6 is 11.5 Å². The van der Waals surface area contributed by atoms with Crippen molar-refractivity contribution in [2.45, 2.75) is 26.7 Å². The van der Waals surface area contributed by atoms with Crippen molar-refractivity contribution in [3.63, 3.8) is 0 Å². The van der Waals surface area contributed by atoms with E-state index in [4.69, 9.17) is 5.11 Å². The third kappa shape index (κ3) is 4.14. The molecule has 1 heterocycles. The van der Waals surface area contributed by atoms with Crippen molar-refractivity contribution in [2.75, 3.05) is 18.5 Å². The van der Waals surface area contributed by atoms with E-state index in [1.807, 2.05) is 11.9 Å². The molecule has 0 aliphatic heterocycles. The molecular formula is C10H17N3O2S. The molecule has 90 valence electrons. The number of anilines is 1.